The summed E-state index contributed by atoms with van der Waals surface area (Å²) in [7, 11) is 3.39. The van der Waals surface area contributed by atoms with Gasteiger partial charge >= 0.3 is 0 Å². The summed E-state index contributed by atoms with van der Waals surface area (Å²) in [6.07, 6.45) is 0. The highest BCUT2D eigenvalue weighted by Crippen LogP contribution is 2.18. The number of hydrogen-bond donors (Lipinski definition) is 2. The smallest absolute Gasteiger partial charge is 0.251 e. The molecule has 2 amide bonds. The summed E-state index contributed by atoms with van der Waals surface area (Å²) in [4.78, 5) is 24.5. The number of hydrogen-bond acceptors (Lipinski definition) is 6. The van der Waals surface area contributed by atoms with Gasteiger partial charge in [-0.2, -0.15) is 0 Å². The molecular weight excluding hydrogens is 402 g/mol. The van der Waals surface area contributed by atoms with Crippen LogP contribution in [0.3, 0.4) is 0 Å². The van der Waals surface area contributed by atoms with Crippen LogP contribution in [-0.4, -0.2) is 39.4 Å². The van der Waals surface area contributed by atoms with Crippen molar-refractivity contribution in [1.29, 1.82) is 0 Å². The first-order valence-electron chi connectivity index (χ1n) is 9.26. The van der Waals surface area contributed by atoms with Crippen LogP contribution in [0.4, 0.5) is 5.69 Å². The number of anilines is 1. The SMILES string of the molecule is COc1ccc(NC(=O)CSc2nnc(CNC(=O)c3cccc(C)c3)n2C)cc1. The molecule has 0 spiro atoms. The van der Waals surface area contributed by atoms with Crippen molar-refractivity contribution < 1.29 is 14.3 Å². The van der Waals surface area contributed by atoms with Gasteiger partial charge in [0, 0.05) is 18.3 Å². The van der Waals surface area contributed by atoms with Crippen molar-refractivity contribution in [2.45, 2.75) is 18.6 Å². The van der Waals surface area contributed by atoms with Crippen molar-refractivity contribution in [2.75, 3.05) is 18.2 Å². The van der Waals surface area contributed by atoms with Gasteiger partial charge in [-0.25, -0.2) is 0 Å². The third kappa shape index (κ3) is 5.60. The van der Waals surface area contributed by atoms with Crippen LogP contribution in [-0.2, 0) is 18.4 Å². The van der Waals surface area contributed by atoms with E-state index in [0.29, 0.717) is 22.2 Å². The van der Waals surface area contributed by atoms with Gasteiger partial charge in [-0.3, -0.25) is 9.59 Å². The lowest BCUT2D eigenvalue weighted by Gasteiger charge is -2.07. The largest absolute Gasteiger partial charge is 0.497 e. The molecule has 0 unspecified atom stereocenters. The molecule has 30 heavy (non-hydrogen) atoms. The van der Waals surface area contributed by atoms with Gasteiger partial charge in [0.25, 0.3) is 5.91 Å². The Labute approximate surface area is 179 Å². The van der Waals surface area contributed by atoms with E-state index < -0.39 is 0 Å². The molecule has 0 aliphatic carbocycles. The average Bonchev–Trinajstić information content (AvgIpc) is 3.10. The third-order valence-corrected chi connectivity index (χ3v) is 5.34. The Hall–Kier alpha value is -3.33. The van der Waals surface area contributed by atoms with E-state index in [-0.39, 0.29) is 24.1 Å². The number of rotatable bonds is 8. The van der Waals surface area contributed by atoms with Crippen LogP contribution >= 0.6 is 11.8 Å². The molecular formula is C21H23N5O3S. The van der Waals surface area contributed by atoms with Crippen molar-refractivity contribution in [3.05, 3.63) is 65.5 Å². The first-order valence-corrected chi connectivity index (χ1v) is 10.2. The van der Waals surface area contributed by atoms with E-state index in [9.17, 15) is 9.59 Å². The number of carbonyl (C=O) groups is 2. The van der Waals surface area contributed by atoms with E-state index in [1.165, 1.54) is 11.8 Å². The quantitative estimate of drug-likeness (QED) is 0.539. The minimum atomic E-state index is -0.172. The van der Waals surface area contributed by atoms with Crippen molar-refractivity contribution in [1.82, 2.24) is 20.1 Å². The fraction of sp³-hybridized carbons (Fsp3) is 0.238. The van der Waals surface area contributed by atoms with Crippen LogP contribution < -0.4 is 15.4 Å². The van der Waals surface area contributed by atoms with Gasteiger partial charge in [-0.15, -0.1) is 10.2 Å². The zero-order valence-corrected chi connectivity index (χ0v) is 17.8. The zero-order chi connectivity index (χ0) is 21.5. The molecule has 0 radical (unpaired) electrons. The first kappa shape index (κ1) is 21.4. The molecule has 0 aliphatic rings. The molecule has 8 nitrogen and oxygen atoms in total. The van der Waals surface area contributed by atoms with E-state index in [1.54, 1.807) is 49.1 Å². The van der Waals surface area contributed by atoms with Gasteiger partial charge in [0.15, 0.2) is 11.0 Å². The minimum absolute atomic E-state index is 0.150. The molecule has 3 rings (SSSR count). The summed E-state index contributed by atoms with van der Waals surface area (Å²) in [6.45, 7) is 2.18. The van der Waals surface area contributed by atoms with Crippen molar-refractivity contribution in [3.63, 3.8) is 0 Å². The third-order valence-electron chi connectivity index (χ3n) is 4.32. The van der Waals surface area contributed by atoms with Crippen LogP contribution in [0.1, 0.15) is 21.7 Å². The van der Waals surface area contributed by atoms with E-state index in [4.69, 9.17) is 4.74 Å². The van der Waals surface area contributed by atoms with Gasteiger partial charge in [0.2, 0.25) is 5.91 Å². The minimum Gasteiger partial charge on any atom is -0.497 e. The van der Waals surface area contributed by atoms with E-state index in [1.807, 2.05) is 25.1 Å². The molecule has 1 heterocycles. The number of nitrogens with zero attached hydrogens (tertiary/aromatic N) is 3. The summed E-state index contributed by atoms with van der Waals surface area (Å²) >= 11 is 1.28. The second kappa shape index (κ2) is 9.93. The maximum absolute atomic E-state index is 12.3. The molecule has 0 atom stereocenters. The van der Waals surface area contributed by atoms with E-state index >= 15 is 0 Å². The van der Waals surface area contributed by atoms with Crippen LogP contribution in [0.5, 0.6) is 5.75 Å². The fourth-order valence-electron chi connectivity index (χ4n) is 2.67. The molecule has 0 saturated heterocycles. The molecule has 0 aliphatic heterocycles. The van der Waals surface area contributed by atoms with Crippen molar-refractivity contribution in [2.24, 2.45) is 7.05 Å². The summed E-state index contributed by atoms with van der Waals surface area (Å²) < 4.78 is 6.86. The van der Waals surface area contributed by atoms with Gasteiger partial charge in [0.05, 0.1) is 19.4 Å². The maximum Gasteiger partial charge on any atom is 0.251 e. The summed E-state index contributed by atoms with van der Waals surface area (Å²) in [5.41, 5.74) is 2.31. The molecule has 2 N–H and O–H groups in total. The van der Waals surface area contributed by atoms with E-state index in [2.05, 4.69) is 20.8 Å². The summed E-state index contributed by atoms with van der Waals surface area (Å²) in [6, 6.07) is 14.5. The fourth-order valence-corrected chi connectivity index (χ4v) is 3.40. The Morgan fingerprint density at radius 1 is 1.13 bits per heavy atom. The lowest BCUT2D eigenvalue weighted by Crippen LogP contribution is -2.24. The molecule has 2 aromatic carbocycles. The first-order chi connectivity index (χ1) is 14.5. The molecule has 0 fully saturated rings. The molecule has 9 heteroatoms. The number of amides is 2. The molecule has 1 aromatic heterocycles. The Bertz CT molecular complexity index is 1030. The number of aryl methyl sites for hydroxylation is 1. The number of aromatic nitrogens is 3. The highest BCUT2D eigenvalue weighted by molar-refractivity contribution is 7.99. The average molecular weight is 426 g/mol. The van der Waals surface area contributed by atoms with Gasteiger partial charge < -0.3 is 19.9 Å². The number of nitrogens with one attached hydrogen (secondary N) is 2. The number of carbonyl (C=O) groups excluding carboxylic acids is 2. The molecule has 3 aromatic rings. The maximum atomic E-state index is 12.3. The van der Waals surface area contributed by atoms with E-state index in [0.717, 1.165) is 11.3 Å². The molecule has 0 saturated carbocycles. The Balaban J connectivity index is 1.50. The molecule has 156 valence electrons. The van der Waals surface area contributed by atoms with Crippen LogP contribution in [0.15, 0.2) is 53.7 Å². The standard InChI is InChI=1S/C21H23N5O3S/c1-14-5-4-6-15(11-14)20(28)22-12-18-24-25-21(26(18)2)30-13-19(27)23-16-7-9-17(29-3)10-8-16/h4-11H,12-13H2,1-3H3,(H,22,28)(H,23,27). The number of thioether (sulfide) groups is 1. The van der Waals surface area contributed by atoms with Gasteiger partial charge in [-0.05, 0) is 43.3 Å². The predicted octanol–water partition coefficient (Wildman–Crippen LogP) is 2.79. The Morgan fingerprint density at radius 3 is 2.60 bits per heavy atom. The van der Waals surface area contributed by atoms with Gasteiger partial charge in [-0.1, -0.05) is 29.5 Å². The van der Waals surface area contributed by atoms with Crippen molar-refractivity contribution in [3.8, 4) is 5.75 Å². The zero-order valence-electron chi connectivity index (χ0n) is 17.0. The Morgan fingerprint density at radius 2 is 1.90 bits per heavy atom. The number of ether oxygens (including phenoxy) is 1. The second-order valence-electron chi connectivity index (χ2n) is 6.58. The van der Waals surface area contributed by atoms with Gasteiger partial charge in [0.1, 0.15) is 5.75 Å². The Kier molecular flexibility index (Phi) is 7.08. The lowest BCUT2D eigenvalue weighted by molar-refractivity contribution is -0.113. The second-order valence-corrected chi connectivity index (χ2v) is 7.52. The van der Waals surface area contributed by atoms with Crippen LogP contribution in [0.25, 0.3) is 0 Å². The highest BCUT2D eigenvalue weighted by Gasteiger charge is 2.13. The topological polar surface area (TPSA) is 98.1 Å². The normalized spacial score (nSPS) is 10.5. The highest BCUT2D eigenvalue weighted by atomic mass is 32.2. The van der Waals surface area contributed by atoms with Crippen molar-refractivity contribution >= 4 is 29.3 Å². The molecule has 0 bridgehead atoms. The lowest BCUT2D eigenvalue weighted by atomic mass is 10.1. The van der Waals surface area contributed by atoms with Crippen LogP contribution in [0.2, 0.25) is 0 Å². The predicted molar refractivity (Wildman–Crippen MR) is 116 cm³/mol. The number of methoxy groups -OCH3 is 1. The van der Waals surface area contributed by atoms with Crippen LogP contribution in [0, 0.1) is 6.92 Å². The monoisotopic (exact) mass is 425 g/mol. The summed E-state index contributed by atoms with van der Waals surface area (Å²) in [5.74, 6) is 1.20. The number of benzene rings is 2. The summed E-state index contributed by atoms with van der Waals surface area (Å²) in [5, 5.41) is 14.5.